The van der Waals surface area contributed by atoms with Crippen molar-refractivity contribution in [3.8, 4) is 0 Å². The van der Waals surface area contributed by atoms with Crippen LogP contribution >= 0.6 is 0 Å². The molecule has 0 aliphatic heterocycles. The molecule has 0 heterocycles. The zero-order chi connectivity index (χ0) is 7.11. The molecule has 0 spiro atoms. The zero-order valence-corrected chi connectivity index (χ0v) is 4.70. The maximum Gasteiger partial charge on any atom is 0.294 e. The molecule has 0 rings (SSSR count). The fraction of sp³-hybridized carbons (Fsp3) is 0.750. The number of nitrogens with zero attached hydrogens (tertiary/aromatic N) is 1. The van der Waals surface area contributed by atoms with E-state index in [4.69, 9.17) is 0 Å². The highest BCUT2D eigenvalue weighted by Crippen LogP contribution is 1.85. The first kappa shape index (κ1) is 7.87. The van der Waals surface area contributed by atoms with Crippen LogP contribution in [-0.4, -0.2) is 18.0 Å². The number of hydrogen-bond donors (Lipinski definition) is 0. The number of carbonyl (C=O) groups excluding carboxylic acids is 1. The van der Waals surface area contributed by atoms with Crippen LogP contribution < -0.4 is 0 Å². The molecule has 0 aromatic carbocycles. The Kier molecular flexibility index (Phi) is 4.39. The van der Waals surface area contributed by atoms with Crippen LogP contribution in [0.25, 0.3) is 0 Å². The molecule has 0 saturated heterocycles. The van der Waals surface area contributed by atoms with Gasteiger partial charge in [-0.05, 0) is 6.42 Å². The second-order valence-corrected chi connectivity index (χ2v) is 1.30. The summed E-state index contributed by atoms with van der Waals surface area (Å²) in [6, 6.07) is 0. The van der Waals surface area contributed by atoms with Crippen LogP contribution in [0.15, 0.2) is 0 Å². The van der Waals surface area contributed by atoms with Gasteiger partial charge < -0.3 is 4.84 Å². The molecule has 0 aromatic rings. The Morgan fingerprint density at radius 3 is 2.78 bits per heavy atom. The third-order valence-electron chi connectivity index (χ3n) is 0.620. The Bertz CT molecular complexity index is 103. The quantitative estimate of drug-likeness (QED) is 0.302. The molecule has 51 valence electrons. The highest BCUT2D eigenvalue weighted by Gasteiger charge is 1.92. The molecule has 5 heteroatoms. The lowest BCUT2D eigenvalue weighted by Crippen LogP contribution is -2.01. The van der Waals surface area contributed by atoms with E-state index >= 15 is 0 Å². The van der Waals surface area contributed by atoms with E-state index < -0.39 is 5.09 Å². The van der Waals surface area contributed by atoms with E-state index in [2.05, 4.69) is 4.84 Å². The van der Waals surface area contributed by atoms with Crippen molar-refractivity contribution in [2.45, 2.75) is 12.8 Å². The summed E-state index contributed by atoms with van der Waals surface area (Å²) in [6.45, 7) is -0.0256. The van der Waals surface area contributed by atoms with Crippen LogP contribution in [0.3, 0.4) is 0 Å². The van der Waals surface area contributed by atoms with Crippen molar-refractivity contribution in [3.05, 3.63) is 10.1 Å². The highest BCUT2D eigenvalue weighted by molar-refractivity contribution is 5.50. The van der Waals surface area contributed by atoms with E-state index in [1.807, 2.05) is 0 Å². The van der Waals surface area contributed by atoms with Gasteiger partial charge in [-0.25, -0.2) is 0 Å². The van der Waals surface area contributed by atoms with E-state index in [1.54, 1.807) is 6.29 Å². The Labute approximate surface area is 51.7 Å². The van der Waals surface area contributed by atoms with Crippen molar-refractivity contribution in [3.63, 3.8) is 0 Å². The van der Waals surface area contributed by atoms with Crippen molar-refractivity contribution in [1.29, 1.82) is 0 Å². The lowest BCUT2D eigenvalue weighted by atomic mass is 10.4. The van der Waals surface area contributed by atoms with Gasteiger partial charge in [0.05, 0.1) is 6.61 Å². The van der Waals surface area contributed by atoms with Crippen LogP contribution in [-0.2, 0) is 9.63 Å². The minimum atomic E-state index is -0.884. The van der Waals surface area contributed by atoms with Gasteiger partial charge in [0.25, 0.3) is 5.09 Å². The summed E-state index contributed by atoms with van der Waals surface area (Å²) in [4.78, 5) is 22.8. The van der Waals surface area contributed by atoms with Crippen LogP contribution in [0.2, 0.25) is 0 Å². The summed E-state index contributed by atoms with van der Waals surface area (Å²) < 4.78 is 0. The molecular formula is C4H6NO4. The summed E-state index contributed by atoms with van der Waals surface area (Å²) in [7, 11) is 0. The van der Waals surface area contributed by atoms with Crippen LogP contribution in [0.5, 0.6) is 0 Å². The maximum absolute atomic E-state index is 9.50. The fourth-order valence-electron chi connectivity index (χ4n) is 0.283. The average Bonchev–Trinajstić information content (AvgIpc) is 1.80. The maximum atomic E-state index is 9.50. The number of unbranched alkanes of at least 4 members (excludes halogenated alkanes) is 1. The molecule has 1 radical (unpaired) electrons. The number of rotatable bonds is 5. The molecule has 0 atom stereocenters. The zero-order valence-electron chi connectivity index (χ0n) is 4.70. The molecule has 0 aliphatic rings. The van der Waals surface area contributed by atoms with Gasteiger partial charge >= 0.3 is 0 Å². The molecule has 9 heavy (non-hydrogen) atoms. The van der Waals surface area contributed by atoms with Gasteiger partial charge in [-0.3, -0.25) is 4.79 Å². The topological polar surface area (TPSA) is 69.4 Å². The molecule has 0 bridgehead atoms. The lowest BCUT2D eigenvalue weighted by molar-refractivity contribution is -0.757. The standard InChI is InChI=1S/C4H6NO4/c6-3-1-2-4-9-5(7)8/h1-2,4H2. The molecule has 0 fully saturated rings. The Morgan fingerprint density at radius 2 is 2.33 bits per heavy atom. The summed E-state index contributed by atoms with van der Waals surface area (Å²) in [5.74, 6) is 0. The van der Waals surface area contributed by atoms with Crippen molar-refractivity contribution in [2.24, 2.45) is 0 Å². The number of hydrogen-bond acceptors (Lipinski definition) is 4. The second-order valence-electron chi connectivity index (χ2n) is 1.30. The van der Waals surface area contributed by atoms with Crippen molar-refractivity contribution >= 4 is 6.29 Å². The van der Waals surface area contributed by atoms with Gasteiger partial charge in [0, 0.05) is 6.42 Å². The Morgan fingerprint density at radius 1 is 1.67 bits per heavy atom. The summed E-state index contributed by atoms with van der Waals surface area (Å²) in [5.41, 5.74) is 0. The third kappa shape index (κ3) is 6.87. The first-order valence-corrected chi connectivity index (χ1v) is 2.39. The first-order valence-electron chi connectivity index (χ1n) is 2.39. The predicted molar refractivity (Wildman–Crippen MR) is 27.9 cm³/mol. The summed E-state index contributed by atoms with van der Waals surface area (Å²) in [5, 5.41) is 8.56. The average molecular weight is 132 g/mol. The van der Waals surface area contributed by atoms with Crippen LogP contribution in [0.1, 0.15) is 12.8 Å². The SMILES string of the molecule is O=[C]CCCO[N+](=O)[O-]. The molecule has 5 nitrogen and oxygen atoms in total. The minimum Gasteiger partial charge on any atom is -0.314 e. The van der Waals surface area contributed by atoms with Gasteiger partial charge in [0.2, 0.25) is 0 Å². The summed E-state index contributed by atoms with van der Waals surface area (Å²) >= 11 is 0. The van der Waals surface area contributed by atoms with Gasteiger partial charge in [-0.2, -0.15) is 0 Å². The largest absolute Gasteiger partial charge is 0.314 e. The second kappa shape index (κ2) is 5.02. The first-order chi connectivity index (χ1) is 4.27. The van der Waals surface area contributed by atoms with Gasteiger partial charge in [0.15, 0.2) is 6.29 Å². The van der Waals surface area contributed by atoms with E-state index in [-0.39, 0.29) is 13.0 Å². The van der Waals surface area contributed by atoms with E-state index in [9.17, 15) is 14.9 Å². The molecule has 0 aliphatic carbocycles. The molecule has 0 unspecified atom stereocenters. The predicted octanol–water partition coefficient (Wildman–Crippen LogP) is 0.0846. The molecule has 0 N–H and O–H groups in total. The smallest absolute Gasteiger partial charge is 0.294 e. The van der Waals surface area contributed by atoms with Crippen LogP contribution in [0, 0.1) is 10.1 Å². The van der Waals surface area contributed by atoms with E-state index in [0.29, 0.717) is 6.42 Å². The lowest BCUT2D eigenvalue weighted by Gasteiger charge is -1.91. The summed E-state index contributed by atoms with van der Waals surface area (Å²) in [6.07, 6.45) is 2.13. The van der Waals surface area contributed by atoms with Gasteiger partial charge in [-0.15, -0.1) is 10.1 Å². The van der Waals surface area contributed by atoms with E-state index in [1.165, 1.54) is 0 Å². The van der Waals surface area contributed by atoms with Gasteiger partial charge in [-0.1, -0.05) is 0 Å². The highest BCUT2D eigenvalue weighted by atomic mass is 16.9. The van der Waals surface area contributed by atoms with Crippen LogP contribution in [0.4, 0.5) is 0 Å². The normalized spacial score (nSPS) is 8.44. The van der Waals surface area contributed by atoms with Crippen molar-refractivity contribution < 1.29 is 14.7 Å². The van der Waals surface area contributed by atoms with Crippen molar-refractivity contribution in [2.75, 3.05) is 6.61 Å². The van der Waals surface area contributed by atoms with Gasteiger partial charge in [0.1, 0.15) is 0 Å². The molecular weight excluding hydrogens is 126 g/mol. The third-order valence-corrected chi connectivity index (χ3v) is 0.620. The molecule has 0 saturated carbocycles. The van der Waals surface area contributed by atoms with E-state index in [0.717, 1.165) is 0 Å². The molecule has 0 amide bonds. The molecule has 0 aromatic heterocycles. The fourth-order valence-corrected chi connectivity index (χ4v) is 0.283. The monoisotopic (exact) mass is 132 g/mol. The Hall–Kier alpha value is -1.13. The minimum absolute atomic E-state index is 0.0256. The van der Waals surface area contributed by atoms with Crippen molar-refractivity contribution in [1.82, 2.24) is 0 Å². The Balaban J connectivity index is 2.91.